The smallest absolute Gasteiger partial charge is 0.180 e. The molecule has 0 spiro atoms. The average molecular weight is 415 g/mol. The van der Waals surface area contributed by atoms with Crippen molar-refractivity contribution < 1.29 is 13.2 Å². The van der Waals surface area contributed by atoms with Crippen LogP contribution in [0.15, 0.2) is 77.9 Å². The summed E-state index contributed by atoms with van der Waals surface area (Å²) < 4.78 is 33.0. The van der Waals surface area contributed by atoms with Crippen molar-refractivity contribution in [3.05, 3.63) is 90.9 Å². The molecule has 31 heavy (non-hydrogen) atoms. The second kappa shape index (κ2) is 7.91. The number of hydrogen-bond donors (Lipinski definition) is 1. The second-order valence-corrected chi connectivity index (χ2v) is 6.81. The van der Waals surface area contributed by atoms with Crippen molar-refractivity contribution in [2.24, 2.45) is 0 Å². The fourth-order valence-corrected chi connectivity index (χ4v) is 3.28. The molecule has 3 heterocycles. The van der Waals surface area contributed by atoms with E-state index in [2.05, 4.69) is 25.3 Å². The first-order valence-electron chi connectivity index (χ1n) is 9.46. The molecule has 0 aliphatic rings. The monoisotopic (exact) mass is 415 g/mol. The Morgan fingerprint density at radius 3 is 2.61 bits per heavy atom. The van der Waals surface area contributed by atoms with Gasteiger partial charge in [-0.2, -0.15) is 0 Å². The Morgan fingerprint density at radius 1 is 0.903 bits per heavy atom. The standard InChI is InChI=1S/C23H15F2N5O/c24-16-4-5-18(20(25)9-16)14-3-6-21-19(8-14)23(28-12-17-11-27-13-31-17)30-22(29-21)15-2-1-7-26-10-15/h1-11,13H,12H2,(H,28,29,30). The van der Waals surface area contributed by atoms with E-state index in [0.717, 1.165) is 11.6 Å². The Hall–Kier alpha value is -4.20. The number of pyridine rings is 1. The van der Waals surface area contributed by atoms with Crippen molar-refractivity contribution in [3.63, 3.8) is 0 Å². The van der Waals surface area contributed by atoms with Crippen LogP contribution in [0.25, 0.3) is 33.4 Å². The number of halogens is 2. The lowest BCUT2D eigenvalue weighted by atomic mass is 10.0. The minimum atomic E-state index is -0.636. The van der Waals surface area contributed by atoms with Crippen LogP contribution in [0.1, 0.15) is 5.76 Å². The third kappa shape index (κ3) is 3.83. The summed E-state index contributed by atoms with van der Waals surface area (Å²) in [6, 6.07) is 12.5. The number of anilines is 1. The highest BCUT2D eigenvalue weighted by atomic mass is 19.1. The van der Waals surface area contributed by atoms with Gasteiger partial charge in [0.2, 0.25) is 0 Å². The zero-order chi connectivity index (χ0) is 21.2. The van der Waals surface area contributed by atoms with Crippen LogP contribution in [0.4, 0.5) is 14.6 Å². The highest BCUT2D eigenvalue weighted by Crippen LogP contribution is 2.31. The molecule has 0 bridgehead atoms. The van der Waals surface area contributed by atoms with Crippen LogP contribution >= 0.6 is 0 Å². The molecule has 5 rings (SSSR count). The summed E-state index contributed by atoms with van der Waals surface area (Å²) in [4.78, 5) is 17.4. The maximum atomic E-state index is 14.3. The number of rotatable bonds is 5. The third-order valence-corrected chi connectivity index (χ3v) is 4.77. The van der Waals surface area contributed by atoms with Gasteiger partial charge >= 0.3 is 0 Å². The van der Waals surface area contributed by atoms with Crippen molar-refractivity contribution in [1.29, 1.82) is 0 Å². The molecule has 5 aromatic rings. The number of nitrogens with one attached hydrogen (secondary N) is 1. The van der Waals surface area contributed by atoms with Crippen molar-refractivity contribution in [2.75, 3.05) is 5.32 Å². The summed E-state index contributed by atoms with van der Waals surface area (Å²) in [6.07, 6.45) is 6.32. The molecule has 3 aromatic heterocycles. The zero-order valence-corrected chi connectivity index (χ0v) is 16.1. The molecule has 0 aliphatic carbocycles. The van der Waals surface area contributed by atoms with E-state index in [9.17, 15) is 8.78 Å². The molecule has 152 valence electrons. The number of hydrogen-bond acceptors (Lipinski definition) is 6. The van der Waals surface area contributed by atoms with Crippen molar-refractivity contribution in [1.82, 2.24) is 19.9 Å². The fourth-order valence-electron chi connectivity index (χ4n) is 3.28. The number of fused-ring (bicyclic) bond motifs is 1. The van der Waals surface area contributed by atoms with Crippen molar-refractivity contribution >= 4 is 16.7 Å². The molecular formula is C23H15F2N5O. The summed E-state index contributed by atoms with van der Waals surface area (Å²) >= 11 is 0. The molecular weight excluding hydrogens is 400 g/mol. The maximum absolute atomic E-state index is 14.3. The van der Waals surface area contributed by atoms with Crippen LogP contribution < -0.4 is 5.32 Å². The Morgan fingerprint density at radius 2 is 1.84 bits per heavy atom. The number of oxazole rings is 1. The van der Waals surface area contributed by atoms with Gasteiger partial charge in [-0.05, 0) is 42.0 Å². The summed E-state index contributed by atoms with van der Waals surface area (Å²) in [6.45, 7) is 0.355. The van der Waals surface area contributed by atoms with Crippen LogP contribution in [-0.4, -0.2) is 19.9 Å². The summed E-state index contributed by atoms with van der Waals surface area (Å²) in [5.41, 5.74) is 2.31. The molecule has 0 saturated heterocycles. The Balaban J connectivity index is 1.64. The van der Waals surface area contributed by atoms with Crippen LogP contribution in [0.3, 0.4) is 0 Å². The van der Waals surface area contributed by atoms with Crippen LogP contribution in [-0.2, 0) is 6.54 Å². The number of benzene rings is 2. The van der Waals surface area contributed by atoms with E-state index in [-0.39, 0.29) is 0 Å². The molecule has 1 N–H and O–H groups in total. The zero-order valence-electron chi connectivity index (χ0n) is 16.1. The van der Waals surface area contributed by atoms with E-state index in [4.69, 9.17) is 4.42 Å². The lowest BCUT2D eigenvalue weighted by Gasteiger charge is -2.12. The number of aromatic nitrogens is 4. The van der Waals surface area contributed by atoms with Gasteiger partial charge in [-0.1, -0.05) is 6.07 Å². The van der Waals surface area contributed by atoms with E-state index in [1.54, 1.807) is 36.8 Å². The minimum absolute atomic E-state index is 0.292. The fraction of sp³-hybridized carbons (Fsp3) is 0.0435. The SMILES string of the molecule is Fc1ccc(-c2ccc3nc(-c4cccnc4)nc(NCc4cnco4)c3c2)c(F)c1. The van der Waals surface area contributed by atoms with Gasteiger partial charge in [-0.15, -0.1) is 0 Å². The normalized spacial score (nSPS) is 11.0. The predicted molar refractivity (Wildman–Crippen MR) is 112 cm³/mol. The third-order valence-electron chi connectivity index (χ3n) is 4.77. The quantitative estimate of drug-likeness (QED) is 0.423. The lowest BCUT2D eigenvalue weighted by molar-refractivity contribution is 0.511. The largest absolute Gasteiger partial charge is 0.447 e. The van der Waals surface area contributed by atoms with Gasteiger partial charge in [-0.25, -0.2) is 23.7 Å². The first-order chi connectivity index (χ1) is 15.2. The molecule has 0 saturated carbocycles. The molecule has 0 amide bonds. The van der Waals surface area contributed by atoms with E-state index in [1.807, 2.05) is 12.1 Å². The van der Waals surface area contributed by atoms with Crippen LogP contribution in [0.2, 0.25) is 0 Å². The average Bonchev–Trinajstić information content (AvgIpc) is 3.31. The minimum Gasteiger partial charge on any atom is -0.447 e. The van der Waals surface area contributed by atoms with Gasteiger partial charge in [0.15, 0.2) is 12.2 Å². The van der Waals surface area contributed by atoms with E-state index in [1.165, 1.54) is 18.5 Å². The molecule has 0 radical (unpaired) electrons. The highest BCUT2D eigenvalue weighted by molar-refractivity contribution is 5.94. The molecule has 0 atom stereocenters. The highest BCUT2D eigenvalue weighted by Gasteiger charge is 2.13. The Kier molecular flexibility index (Phi) is 4.80. The molecule has 0 aliphatic heterocycles. The Labute approximate surface area is 175 Å². The van der Waals surface area contributed by atoms with Crippen LogP contribution in [0, 0.1) is 11.6 Å². The topological polar surface area (TPSA) is 76.7 Å². The molecule has 8 heteroatoms. The van der Waals surface area contributed by atoms with Crippen molar-refractivity contribution in [3.8, 4) is 22.5 Å². The van der Waals surface area contributed by atoms with Gasteiger partial charge in [0.05, 0.1) is 18.3 Å². The Bertz CT molecular complexity index is 1360. The number of nitrogens with zero attached hydrogens (tertiary/aromatic N) is 4. The lowest BCUT2D eigenvalue weighted by Crippen LogP contribution is -2.04. The van der Waals surface area contributed by atoms with E-state index < -0.39 is 11.6 Å². The second-order valence-electron chi connectivity index (χ2n) is 6.81. The maximum Gasteiger partial charge on any atom is 0.180 e. The van der Waals surface area contributed by atoms with E-state index >= 15 is 0 Å². The van der Waals surface area contributed by atoms with Gasteiger partial charge < -0.3 is 9.73 Å². The van der Waals surface area contributed by atoms with Gasteiger partial charge in [0, 0.05) is 35.0 Å². The van der Waals surface area contributed by atoms with Crippen molar-refractivity contribution in [2.45, 2.75) is 6.54 Å². The van der Waals surface area contributed by atoms with E-state index in [0.29, 0.717) is 46.0 Å². The summed E-state index contributed by atoms with van der Waals surface area (Å²) in [5, 5.41) is 3.93. The van der Waals surface area contributed by atoms with Gasteiger partial charge in [-0.3, -0.25) is 4.98 Å². The predicted octanol–water partition coefficient (Wildman–Crippen LogP) is 5.24. The summed E-state index contributed by atoms with van der Waals surface area (Å²) in [7, 11) is 0. The van der Waals surface area contributed by atoms with Gasteiger partial charge in [0.25, 0.3) is 0 Å². The first-order valence-corrected chi connectivity index (χ1v) is 9.46. The molecule has 0 unspecified atom stereocenters. The first kappa shape index (κ1) is 18.8. The van der Waals surface area contributed by atoms with Crippen LogP contribution in [0.5, 0.6) is 0 Å². The molecule has 2 aromatic carbocycles. The van der Waals surface area contributed by atoms with Gasteiger partial charge in [0.1, 0.15) is 23.2 Å². The molecule has 6 nitrogen and oxygen atoms in total. The molecule has 0 fully saturated rings. The summed E-state index contributed by atoms with van der Waals surface area (Å²) in [5.74, 6) is 0.422.